The normalized spacial score (nSPS) is 26.2. The molecular formula is C55H61N5O15. The summed E-state index contributed by atoms with van der Waals surface area (Å²) in [4.78, 5) is 21.9. The van der Waals surface area contributed by atoms with Crippen molar-refractivity contribution in [2.45, 2.75) is 93.9 Å². The molecule has 20 heteroatoms. The van der Waals surface area contributed by atoms with E-state index in [2.05, 4.69) is 29.0 Å². The fourth-order valence-electron chi connectivity index (χ4n) is 13.9. The Kier molecular flexibility index (Phi) is 12.5. The number of benzene rings is 4. The lowest BCUT2D eigenvalue weighted by Crippen LogP contribution is -2.68. The van der Waals surface area contributed by atoms with Crippen molar-refractivity contribution in [1.82, 2.24) is 19.6 Å². The zero-order valence-corrected chi connectivity index (χ0v) is 42.6. The Hall–Kier alpha value is -7.28. The molecule has 8 aliphatic rings. The first-order chi connectivity index (χ1) is 36.2. The summed E-state index contributed by atoms with van der Waals surface area (Å²) in [5.41, 5.74) is 7.54. The number of phenols is 4. The second kappa shape index (κ2) is 18.8. The van der Waals surface area contributed by atoms with Gasteiger partial charge in [0, 0.05) is 56.6 Å². The smallest absolute Gasteiger partial charge is 0.241 e. The van der Waals surface area contributed by atoms with E-state index in [9.17, 15) is 40.7 Å². The molecule has 0 spiro atoms. The maximum absolute atomic E-state index is 14.0. The second-order valence-corrected chi connectivity index (χ2v) is 20.1. The van der Waals surface area contributed by atoms with Crippen molar-refractivity contribution >= 4 is 5.91 Å². The Balaban J connectivity index is 0.000000161. The molecule has 9 atom stereocenters. The molecule has 0 aliphatic carbocycles. The number of nitrogens with zero attached hydrogens (tertiary/aromatic N) is 5. The lowest BCUT2D eigenvalue weighted by molar-refractivity contribution is -0.158. The van der Waals surface area contributed by atoms with Gasteiger partial charge in [-0.3, -0.25) is 19.5 Å². The van der Waals surface area contributed by atoms with E-state index in [4.69, 9.17) is 37.9 Å². The summed E-state index contributed by atoms with van der Waals surface area (Å²) in [7, 11) is 6.63. The summed E-state index contributed by atoms with van der Waals surface area (Å²) in [6.07, 6.45) is 4.95. The van der Waals surface area contributed by atoms with Gasteiger partial charge in [0.2, 0.25) is 31.0 Å². The van der Waals surface area contributed by atoms with Gasteiger partial charge in [0.15, 0.2) is 46.0 Å². The van der Waals surface area contributed by atoms with Gasteiger partial charge in [0.05, 0.1) is 69.8 Å². The van der Waals surface area contributed by atoms with Crippen molar-refractivity contribution in [3.63, 3.8) is 0 Å². The van der Waals surface area contributed by atoms with Gasteiger partial charge < -0.3 is 73.4 Å². The first-order valence-corrected chi connectivity index (χ1v) is 25.0. The van der Waals surface area contributed by atoms with E-state index in [0.29, 0.717) is 82.4 Å². The number of piperazine rings is 2. The third-order valence-electron chi connectivity index (χ3n) is 16.8. The number of nitriles is 1. The topological polar surface area (TPSA) is 249 Å². The molecule has 8 heterocycles. The molecule has 4 aromatic rings. The standard InChI is InChI=1S/C28H31N3O7.C27H30N2O8/c1-5-6-36-25-13(2)26-28(38-12-37-26)22-15(25)9-17-23-21-14(8-20(33)27(35-4)24(21)34)7-16(30(23)3)18(10-29)31(17)19(22)11-32;1-5-6-35-23-12(2)24-26(37-11-36-24)20-14(23)9-15-21-19-13(8-18(31)25(34-4)22(19)32)7-16(28(21)3)27(33)29(15)17(20)10-30/h5,8,16-19,23,32-34H,1,6-7,9,11-12H2,2-4H3;5,8,15-17,21,30-32H,1,6-7,9-11H2,2-4H3/t16-,17-,18-,19-,23-;15-,16-,17-,21-/m00/s1. The number of hydrogen-bond donors (Lipinski definition) is 6. The van der Waals surface area contributed by atoms with Crippen molar-refractivity contribution in [3.05, 3.63) is 93.1 Å². The van der Waals surface area contributed by atoms with Gasteiger partial charge in [-0.2, -0.15) is 5.26 Å². The number of aliphatic hydroxyl groups excluding tert-OH is 2. The summed E-state index contributed by atoms with van der Waals surface area (Å²) in [6, 6.07) is 1.62. The number of hydrogen-bond acceptors (Lipinski definition) is 19. The van der Waals surface area contributed by atoms with E-state index < -0.39 is 36.3 Å². The van der Waals surface area contributed by atoms with Crippen LogP contribution in [0, 0.1) is 25.2 Å². The molecule has 0 saturated carbocycles. The minimum Gasteiger partial charge on any atom is -0.504 e. The highest BCUT2D eigenvalue weighted by atomic mass is 16.7. The van der Waals surface area contributed by atoms with Crippen molar-refractivity contribution in [3.8, 4) is 75.1 Å². The monoisotopic (exact) mass is 1030 g/mol. The molecule has 6 N–H and O–H groups in total. The number of phenolic OH excluding ortho intramolecular Hbond substituents is 4. The van der Waals surface area contributed by atoms with Crippen molar-refractivity contribution in [1.29, 1.82) is 5.26 Å². The minimum atomic E-state index is -0.690. The number of carbonyl (C=O) groups excluding carboxylic acids is 1. The zero-order chi connectivity index (χ0) is 53.0. The summed E-state index contributed by atoms with van der Waals surface area (Å²) < 4.78 is 46.3. The molecule has 1 amide bonds. The average Bonchev–Trinajstić information content (AvgIpc) is 4.17. The first-order valence-electron chi connectivity index (χ1n) is 25.0. The maximum Gasteiger partial charge on any atom is 0.241 e. The Morgan fingerprint density at radius 3 is 1.64 bits per heavy atom. The fourth-order valence-corrected chi connectivity index (χ4v) is 13.9. The number of amides is 1. The number of carbonyl (C=O) groups is 1. The van der Waals surface area contributed by atoms with Crippen molar-refractivity contribution < 1.29 is 73.3 Å². The lowest BCUT2D eigenvalue weighted by Gasteiger charge is -2.59. The lowest BCUT2D eigenvalue weighted by atomic mass is 9.72. The Labute approximate surface area is 433 Å². The van der Waals surface area contributed by atoms with E-state index in [-0.39, 0.29) is 98.5 Å². The van der Waals surface area contributed by atoms with E-state index >= 15 is 0 Å². The van der Waals surface area contributed by atoms with Crippen LogP contribution < -0.4 is 37.9 Å². The molecule has 8 aliphatic heterocycles. The number of rotatable bonds is 10. The number of likely N-dealkylation sites (N-methyl/N-ethyl adjacent to an activating group) is 2. The largest absolute Gasteiger partial charge is 0.504 e. The zero-order valence-electron chi connectivity index (χ0n) is 42.6. The summed E-state index contributed by atoms with van der Waals surface area (Å²) >= 11 is 0. The van der Waals surface area contributed by atoms with Crippen LogP contribution in [0.4, 0.5) is 0 Å². The SMILES string of the molecule is C=CCOc1c(C)c2c(c3c1C[C@H]1[C@H]4c5c(cc(O)c(OC)c5O)C[C@@H](C(=O)N1[C@H]3CO)N4C)OCO2.C=CCOc1c(C)c2c(c3c1C[C@H]1[C@H]4c5c(cc(O)c(OC)c5O)C[C@@H]([C@H](C#N)N1[C@H]3CO)N4C)OCO2. The van der Waals surface area contributed by atoms with E-state index in [0.717, 1.165) is 33.4 Å². The number of methoxy groups -OCH3 is 2. The summed E-state index contributed by atoms with van der Waals surface area (Å²) in [6.45, 7) is 11.5. The van der Waals surface area contributed by atoms with Gasteiger partial charge in [0.1, 0.15) is 30.8 Å². The molecule has 0 unspecified atom stereocenters. The predicted molar refractivity (Wildman–Crippen MR) is 267 cm³/mol. The fraction of sp³-hybridized carbons (Fsp3) is 0.455. The molecule has 0 radical (unpaired) electrons. The van der Waals surface area contributed by atoms with Gasteiger partial charge in [-0.1, -0.05) is 25.3 Å². The Morgan fingerprint density at radius 1 is 0.667 bits per heavy atom. The van der Waals surface area contributed by atoms with Crippen molar-refractivity contribution in [2.24, 2.45) is 0 Å². The van der Waals surface area contributed by atoms with E-state index in [1.807, 2.05) is 32.8 Å². The van der Waals surface area contributed by atoms with Gasteiger partial charge in [0.25, 0.3) is 0 Å². The summed E-state index contributed by atoms with van der Waals surface area (Å²) in [5.74, 6) is 2.87. The number of ether oxygens (including phenoxy) is 8. The van der Waals surface area contributed by atoms with Gasteiger partial charge >= 0.3 is 0 Å². The van der Waals surface area contributed by atoms with Crippen LogP contribution in [0.5, 0.6) is 69.0 Å². The van der Waals surface area contributed by atoms with Crippen LogP contribution in [-0.4, -0.2) is 155 Å². The van der Waals surface area contributed by atoms with Crippen LogP contribution in [0.2, 0.25) is 0 Å². The molecule has 75 heavy (non-hydrogen) atoms. The third-order valence-corrected chi connectivity index (χ3v) is 16.8. The molecule has 12 rings (SSSR count). The van der Waals surface area contributed by atoms with Crippen LogP contribution in [0.3, 0.4) is 0 Å². The minimum absolute atomic E-state index is 0.00168. The van der Waals surface area contributed by atoms with Crippen LogP contribution in [0.25, 0.3) is 0 Å². The van der Waals surface area contributed by atoms with Crippen LogP contribution in [-0.2, 0) is 30.5 Å². The van der Waals surface area contributed by atoms with Crippen LogP contribution in [0.15, 0.2) is 37.4 Å². The molecule has 20 nitrogen and oxygen atoms in total. The predicted octanol–water partition coefficient (Wildman–Crippen LogP) is 4.58. The molecule has 2 fully saturated rings. The average molecular weight is 1030 g/mol. The second-order valence-electron chi connectivity index (χ2n) is 20.1. The number of fused-ring (bicyclic) bond motifs is 18. The molecule has 396 valence electrons. The molecule has 4 aromatic carbocycles. The highest BCUT2D eigenvalue weighted by Gasteiger charge is 2.58. The molecular weight excluding hydrogens is 971 g/mol. The van der Waals surface area contributed by atoms with Crippen molar-refractivity contribution in [2.75, 3.05) is 68.3 Å². The van der Waals surface area contributed by atoms with Crippen LogP contribution >= 0.6 is 0 Å². The quantitative estimate of drug-likeness (QED) is 0.119. The van der Waals surface area contributed by atoms with Gasteiger partial charge in [-0.25, -0.2) is 0 Å². The Bertz CT molecular complexity index is 3100. The van der Waals surface area contributed by atoms with E-state index in [1.54, 1.807) is 29.2 Å². The third kappa shape index (κ3) is 7.08. The van der Waals surface area contributed by atoms with Gasteiger partial charge in [-0.15, -0.1) is 0 Å². The van der Waals surface area contributed by atoms with Crippen LogP contribution in [0.1, 0.15) is 79.8 Å². The molecule has 0 aromatic heterocycles. The van der Waals surface area contributed by atoms with E-state index in [1.165, 1.54) is 14.2 Å². The number of aliphatic hydroxyl groups is 2. The highest BCUT2D eigenvalue weighted by molar-refractivity contribution is 5.87. The highest BCUT2D eigenvalue weighted by Crippen LogP contribution is 2.61. The first kappa shape index (κ1) is 49.9. The molecule has 2 saturated heterocycles. The van der Waals surface area contributed by atoms with Gasteiger partial charge in [-0.05, 0) is 76.9 Å². The molecule has 4 bridgehead atoms. The Morgan fingerprint density at radius 2 is 1.15 bits per heavy atom. The number of aromatic hydroxyl groups is 4. The maximum atomic E-state index is 14.0. The summed E-state index contributed by atoms with van der Waals surface area (Å²) in [5, 5.41) is 75.5.